The Bertz CT molecular complexity index is 168. The van der Waals surface area contributed by atoms with E-state index < -0.39 is 5.97 Å². The van der Waals surface area contributed by atoms with Gasteiger partial charge in [0.15, 0.2) is 0 Å². The summed E-state index contributed by atoms with van der Waals surface area (Å²) in [5.41, 5.74) is 0.284. The second-order valence-electron chi connectivity index (χ2n) is 3.66. The van der Waals surface area contributed by atoms with Gasteiger partial charge in [-0.05, 0) is 24.7 Å². The van der Waals surface area contributed by atoms with Gasteiger partial charge in [0, 0.05) is 0 Å². The summed E-state index contributed by atoms with van der Waals surface area (Å²) < 4.78 is 0. The van der Waals surface area contributed by atoms with Gasteiger partial charge in [-0.3, -0.25) is 4.79 Å². The standard InChI is InChI=1S/C8H12O2/c9-7(10)6-5-8(6)3-1-2-4-8/h6H,1-5H2,(H,9,10). The van der Waals surface area contributed by atoms with E-state index in [4.69, 9.17) is 5.11 Å². The lowest BCUT2D eigenvalue weighted by atomic mass is 10.0. The fourth-order valence-corrected chi connectivity index (χ4v) is 2.33. The molecule has 0 aliphatic heterocycles. The predicted octanol–water partition coefficient (Wildman–Crippen LogP) is 1.65. The average Bonchev–Trinajstić information content (AvgIpc) is 2.32. The smallest absolute Gasteiger partial charge is 0.307 e. The Balaban J connectivity index is 2.04. The van der Waals surface area contributed by atoms with Crippen molar-refractivity contribution in [2.45, 2.75) is 32.1 Å². The number of carboxylic acids is 1. The van der Waals surface area contributed by atoms with Crippen LogP contribution in [-0.2, 0) is 4.79 Å². The number of hydrogen-bond acceptors (Lipinski definition) is 1. The van der Waals surface area contributed by atoms with E-state index in [0.717, 1.165) is 6.42 Å². The van der Waals surface area contributed by atoms with Gasteiger partial charge in [0.2, 0.25) is 0 Å². The maximum Gasteiger partial charge on any atom is 0.307 e. The van der Waals surface area contributed by atoms with Crippen molar-refractivity contribution in [1.82, 2.24) is 0 Å². The van der Waals surface area contributed by atoms with Crippen molar-refractivity contribution in [2.75, 3.05) is 0 Å². The molecule has 0 aromatic rings. The summed E-state index contributed by atoms with van der Waals surface area (Å²) in [4.78, 5) is 10.5. The van der Waals surface area contributed by atoms with E-state index in [1.807, 2.05) is 0 Å². The van der Waals surface area contributed by atoms with Gasteiger partial charge in [-0.1, -0.05) is 12.8 Å². The Kier molecular flexibility index (Phi) is 1.08. The molecule has 1 unspecified atom stereocenters. The molecule has 2 rings (SSSR count). The molecule has 2 aliphatic rings. The van der Waals surface area contributed by atoms with Crippen LogP contribution in [0.15, 0.2) is 0 Å². The molecule has 56 valence electrons. The van der Waals surface area contributed by atoms with Gasteiger partial charge in [-0.25, -0.2) is 0 Å². The Labute approximate surface area is 60.2 Å². The molecule has 0 saturated heterocycles. The zero-order valence-electron chi connectivity index (χ0n) is 5.97. The summed E-state index contributed by atoms with van der Waals surface area (Å²) in [7, 11) is 0. The quantitative estimate of drug-likeness (QED) is 0.601. The molecule has 0 heterocycles. The van der Waals surface area contributed by atoms with E-state index in [2.05, 4.69) is 0 Å². The van der Waals surface area contributed by atoms with Gasteiger partial charge in [0.05, 0.1) is 5.92 Å². The molecule has 2 saturated carbocycles. The SMILES string of the molecule is O=C(O)C1CC12CCCC2. The highest BCUT2D eigenvalue weighted by atomic mass is 16.4. The highest BCUT2D eigenvalue weighted by Gasteiger charge is 2.58. The van der Waals surface area contributed by atoms with Crippen LogP contribution in [-0.4, -0.2) is 11.1 Å². The molecule has 0 amide bonds. The molecular formula is C8H12O2. The molecule has 2 heteroatoms. The van der Waals surface area contributed by atoms with Crippen molar-refractivity contribution in [3.63, 3.8) is 0 Å². The molecular weight excluding hydrogens is 128 g/mol. The van der Waals surface area contributed by atoms with Crippen LogP contribution >= 0.6 is 0 Å². The van der Waals surface area contributed by atoms with Crippen molar-refractivity contribution in [3.05, 3.63) is 0 Å². The minimum absolute atomic E-state index is 0.0231. The zero-order chi connectivity index (χ0) is 7.19. The van der Waals surface area contributed by atoms with E-state index >= 15 is 0 Å². The zero-order valence-corrected chi connectivity index (χ0v) is 5.97. The van der Waals surface area contributed by atoms with Crippen LogP contribution in [0.1, 0.15) is 32.1 Å². The van der Waals surface area contributed by atoms with Gasteiger partial charge < -0.3 is 5.11 Å². The fourth-order valence-electron chi connectivity index (χ4n) is 2.33. The second-order valence-corrected chi connectivity index (χ2v) is 3.66. The summed E-state index contributed by atoms with van der Waals surface area (Å²) >= 11 is 0. The number of rotatable bonds is 1. The Hall–Kier alpha value is -0.530. The third kappa shape index (κ3) is 0.678. The van der Waals surface area contributed by atoms with E-state index in [1.165, 1.54) is 25.7 Å². The van der Waals surface area contributed by atoms with Crippen LogP contribution in [0.2, 0.25) is 0 Å². The topological polar surface area (TPSA) is 37.3 Å². The summed E-state index contributed by atoms with van der Waals surface area (Å²) in [6.45, 7) is 0. The second kappa shape index (κ2) is 1.74. The summed E-state index contributed by atoms with van der Waals surface area (Å²) in [5.74, 6) is -0.545. The molecule has 0 bridgehead atoms. The lowest BCUT2D eigenvalue weighted by Crippen LogP contribution is -2.06. The summed E-state index contributed by atoms with van der Waals surface area (Å²) in [5, 5.41) is 8.68. The third-order valence-electron chi connectivity index (χ3n) is 3.09. The largest absolute Gasteiger partial charge is 0.481 e. The molecule has 2 nitrogen and oxygen atoms in total. The number of carboxylic acid groups (broad SMARTS) is 1. The molecule has 10 heavy (non-hydrogen) atoms. The van der Waals surface area contributed by atoms with Crippen LogP contribution in [0, 0.1) is 11.3 Å². The van der Waals surface area contributed by atoms with Crippen molar-refractivity contribution in [2.24, 2.45) is 11.3 Å². The van der Waals surface area contributed by atoms with Crippen LogP contribution in [0.5, 0.6) is 0 Å². The predicted molar refractivity (Wildman–Crippen MR) is 36.6 cm³/mol. The average molecular weight is 140 g/mol. The van der Waals surface area contributed by atoms with E-state index in [0.29, 0.717) is 0 Å². The first-order valence-corrected chi connectivity index (χ1v) is 3.97. The third-order valence-corrected chi connectivity index (χ3v) is 3.09. The monoisotopic (exact) mass is 140 g/mol. The van der Waals surface area contributed by atoms with Gasteiger partial charge in [-0.2, -0.15) is 0 Å². The van der Waals surface area contributed by atoms with Crippen molar-refractivity contribution >= 4 is 5.97 Å². The molecule has 1 spiro atoms. The van der Waals surface area contributed by atoms with Gasteiger partial charge in [-0.15, -0.1) is 0 Å². The Morgan fingerprint density at radius 2 is 2.00 bits per heavy atom. The highest BCUT2D eigenvalue weighted by molar-refractivity contribution is 5.74. The number of hydrogen-bond donors (Lipinski definition) is 1. The maximum atomic E-state index is 10.5. The Morgan fingerprint density at radius 3 is 2.40 bits per heavy atom. The van der Waals surface area contributed by atoms with E-state index in [1.54, 1.807) is 0 Å². The van der Waals surface area contributed by atoms with Crippen LogP contribution < -0.4 is 0 Å². The number of carbonyl (C=O) groups is 1. The molecule has 1 N–H and O–H groups in total. The van der Waals surface area contributed by atoms with Crippen LogP contribution in [0.3, 0.4) is 0 Å². The summed E-state index contributed by atoms with van der Waals surface area (Å²) in [6, 6.07) is 0. The van der Waals surface area contributed by atoms with Crippen molar-refractivity contribution < 1.29 is 9.90 Å². The lowest BCUT2D eigenvalue weighted by molar-refractivity contribution is -0.139. The summed E-state index contributed by atoms with van der Waals surface area (Å²) in [6.07, 6.45) is 5.81. The first-order chi connectivity index (χ1) is 4.75. The maximum absolute atomic E-state index is 10.5. The molecule has 0 aromatic carbocycles. The lowest BCUT2D eigenvalue weighted by Gasteiger charge is -2.02. The molecule has 0 aromatic heterocycles. The van der Waals surface area contributed by atoms with Crippen LogP contribution in [0.4, 0.5) is 0 Å². The van der Waals surface area contributed by atoms with Gasteiger partial charge in [0.25, 0.3) is 0 Å². The fraction of sp³-hybridized carbons (Fsp3) is 0.875. The van der Waals surface area contributed by atoms with Gasteiger partial charge >= 0.3 is 5.97 Å². The first kappa shape index (κ1) is 6.20. The minimum atomic E-state index is -0.568. The minimum Gasteiger partial charge on any atom is -0.481 e. The van der Waals surface area contributed by atoms with Gasteiger partial charge in [0.1, 0.15) is 0 Å². The number of aliphatic carboxylic acids is 1. The van der Waals surface area contributed by atoms with E-state index in [9.17, 15) is 4.79 Å². The van der Waals surface area contributed by atoms with Crippen LogP contribution in [0.25, 0.3) is 0 Å². The molecule has 2 aliphatic carbocycles. The molecule has 0 radical (unpaired) electrons. The van der Waals surface area contributed by atoms with E-state index in [-0.39, 0.29) is 11.3 Å². The first-order valence-electron chi connectivity index (χ1n) is 3.97. The van der Waals surface area contributed by atoms with Crippen molar-refractivity contribution in [3.8, 4) is 0 Å². The highest BCUT2D eigenvalue weighted by Crippen LogP contribution is 2.62. The Morgan fingerprint density at radius 1 is 1.40 bits per heavy atom. The van der Waals surface area contributed by atoms with Crippen molar-refractivity contribution in [1.29, 1.82) is 0 Å². The normalized spacial score (nSPS) is 34.6. The molecule has 1 atom stereocenters. The molecule has 2 fully saturated rings.